The fraction of sp³-hybridized carbons (Fsp3) is 0.364. The van der Waals surface area contributed by atoms with Crippen LogP contribution in [0.3, 0.4) is 0 Å². The first-order valence-corrected chi connectivity index (χ1v) is 6.76. The summed E-state index contributed by atoms with van der Waals surface area (Å²) in [5, 5.41) is -2.07. The van der Waals surface area contributed by atoms with Gasteiger partial charge in [0, 0.05) is 0 Å². The molecule has 0 aromatic heterocycles. The van der Waals surface area contributed by atoms with Gasteiger partial charge in [-0.15, -0.1) is 0 Å². The van der Waals surface area contributed by atoms with E-state index in [-0.39, 0.29) is 0 Å². The molecule has 0 N–H and O–H groups in total. The lowest BCUT2D eigenvalue weighted by atomic mass is 10.1. The summed E-state index contributed by atoms with van der Waals surface area (Å²) in [5.74, 6) is -0.219. The highest BCUT2D eigenvalue weighted by Gasteiger charge is 2.42. The molecule has 0 saturated carbocycles. The lowest BCUT2D eigenvalue weighted by molar-refractivity contribution is -0.319. The van der Waals surface area contributed by atoms with Crippen LogP contribution in [0.4, 0.5) is 0 Å². The van der Waals surface area contributed by atoms with Gasteiger partial charge < -0.3 is 23.8 Å². The van der Waals surface area contributed by atoms with Crippen LogP contribution >= 0.6 is 7.60 Å². The van der Waals surface area contributed by atoms with E-state index in [0.29, 0.717) is 11.5 Å². The average molecular weight is 270 g/mol. The third kappa shape index (κ3) is 2.03. The van der Waals surface area contributed by atoms with Gasteiger partial charge in [-0.3, -0.25) is 4.79 Å². The first-order valence-electron chi connectivity index (χ1n) is 5.22. The number of rotatable bonds is 3. The predicted octanol–water partition coefficient (Wildman–Crippen LogP) is 0.0453. The second-order valence-corrected chi connectivity index (χ2v) is 6.55. The Hall–Kier alpha value is -1.36. The standard InChI is InChI=1S/C11H13O6P/c1-11(2,18(13,14)15)9(12)10-16-7-5-3-4-6-8(7)17-10/h3-6,10H,1-2H3,(H2,13,14,15)/p-2. The molecular formula is C11H11O6P-2. The van der Waals surface area contributed by atoms with Crippen molar-refractivity contribution >= 4 is 13.4 Å². The van der Waals surface area contributed by atoms with E-state index in [1.54, 1.807) is 24.3 Å². The minimum absolute atomic E-state index is 0.346. The summed E-state index contributed by atoms with van der Waals surface area (Å²) < 4.78 is 21.4. The molecular weight excluding hydrogens is 259 g/mol. The number of hydrogen-bond donors (Lipinski definition) is 0. The molecule has 2 rings (SSSR count). The van der Waals surface area contributed by atoms with Crippen molar-refractivity contribution in [3.05, 3.63) is 24.3 Å². The maximum atomic E-state index is 12.0. The van der Waals surface area contributed by atoms with E-state index in [0.717, 1.165) is 13.8 Å². The number of para-hydroxylation sites is 2. The molecule has 6 nitrogen and oxygen atoms in total. The molecule has 0 fully saturated rings. The third-order valence-corrected chi connectivity index (χ3v) is 4.41. The summed E-state index contributed by atoms with van der Waals surface area (Å²) in [4.78, 5) is 34.1. The van der Waals surface area contributed by atoms with Crippen molar-refractivity contribution in [3.8, 4) is 11.5 Å². The van der Waals surface area contributed by atoms with Crippen LogP contribution in [0.2, 0.25) is 0 Å². The maximum Gasteiger partial charge on any atom is 0.301 e. The third-order valence-electron chi connectivity index (χ3n) is 2.82. The lowest BCUT2D eigenvalue weighted by Gasteiger charge is -2.44. The van der Waals surface area contributed by atoms with Crippen molar-refractivity contribution in [1.29, 1.82) is 0 Å². The van der Waals surface area contributed by atoms with E-state index in [4.69, 9.17) is 9.47 Å². The topological polar surface area (TPSA) is 98.7 Å². The lowest BCUT2D eigenvalue weighted by Crippen LogP contribution is -2.48. The maximum absolute atomic E-state index is 12.0. The zero-order valence-electron chi connectivity index (χ0n) is 9.78. The Morgan fingerprint density at radius 3 is 2.06 bits per heavy atom. The Bertz CT molecular complexity index is 507. The molecule has 0 bridgehead atoms. The zero-order valence-corrected chi connectivity index (χ0v) is 10.7. The Balaban J connectivity index is 2.22. The first-order chi connectivity index (χ1) is 8.23. The van der Waals surface area contributed by atoms with Gasteiger partial charge in [-0.25, -0.2) is 0 Å². The Morgan fingerprint density at radius 1 is 1.22 bits per heavy atom. The number of Topliss-reactive ketones (excluding diaryl/α,β-unsaturated/α-hetero) is 1. The molecule has 0 radical (unpaired) electrons. The van der Waals surface area contributed by atoms with Crippen molar-refractivity contribution in [3.63, 3.8) is 0 Å². The fourth-order valence-corrected chi connectivity index (χ4v) is 1.81. The highest BCUT2D eigenvalue weighted by Crippen LogP contribution is 2.45. The number of carbonyl (C=O) groups is 1. The van der Waals surface area contributed by atoms with Gasteiger partial charge >= 0.3 is 6.29 Å². The monoisotopic (exact) mass is 270 g/mol. The minimum atomic E-state index is -5.08. The van der Waals surface area contributed by atoms with E-state index in [2.05, 4.69) is 0 Å². The highest BCUT2D eigenvalue weighted by atomic mass is 31.2. The molecule has 7 heteroatoms. The summed E-state index contributed by atoms with van der Waals surface area (Å²) in [6, 6.07) is 6.55. The molecule has 0 saturated heterocycles. The van der Waals surface area contributed by atoms with Crippen LogP contribution in [-0.2, 0) is 9.36 Å². The fourth-order valence-electron chi connectivity index (χ4n) is 1.43. The molecule has 0 atom stereocenters. The number of fused-ring (bicyclic) bond motifs is 1. The molecule has 98 valence electrons. The van der Waals surface area contributed by atoms with E-state index < -0.39 is 24.8 Å². The van der Waals surface area contributed by atoms with Crippen molar-refractivity contribution in [2.75, 3.05) is 0 Å². The highest BCUT2D eigenvalue weighted by molar-refractivity contribution is 7.51. The SMILES string of the molecule is CC(C)(C(=O)C1Oc2ccccc2O1)P(=O)([O-])[O-]. The minimum Gasteiger partial charge on any atom is -0.810 e. The predicted molar refractivity (Wildman–Crippen MR) is 58.2 cm³/mol. The Kier molecular flexibility index (Phi) is 2.97. The van der Waals surface area contributed by atoms with Crippen molar-refractivity contribution in [2.24, 2.45) is 0 Å². The molecule has 1 aromatic carbocycles. The van der Waals surface area contributed by atoms with Gasteiger partial charge in [0.15, 0.2) is 11.5 Å². The Labute approximate surface area is 104 Å². The summed E-state index contributed by atoms with van der Waals surface area (Å²) in [6.45, 7) is 2.09. The van der Waals surface area contributed by atoms with Gasteiger partial charge in [0.1, 0.15) is 0 Å². The average Bonchev–Trinajstić information content (AvgIpc) is 2.69. The Morgan fingerprint density at radius 2 is 1.67 bits per heavy atom. The van der Waals surface area contributed by atoms with Crippen LogP contribution in [0, 0.1) is 0 Å². The van der Waals surface area contributed by atoms with E-state index in [1.807, 2.05) is 0 Å². The molecule has 1 aromatic rings. The van der Waals surface area contributed by atoms with E-state index in [9.17, 15) is 19.1 Å². The smallest absolute Gasteiger partial charge is 0.301 e. The van der Waals surface area contributed by atoms with Gasteiger partial charge in [0.05, 0.1) is 5.16 Å². The molecule has 1 aliphatic heterocycles. The van der Waals surface area contributed by atoms with Crippen LogP contribution < -0.4 is 19.3 Å². The molecule has 0 amide bonds. The van der Waals surface area contributed by atoms with Crippen molar-refractivity contribution < 1.29 is 28.6 Å². The summed E-state index contributed by atoms with van der Waals surface area (Å²) >= 11 is 0. The number of carbonyl (C=O) groups excluding carboxylic acids is 1. The van der Waals surface area contributed by atoms with E-state index in [1.165, 1.54) is 0 Å². The summed E-state index contributed by atoms with van der Waals surface area (Å²) in [6.07, 6.45) is -1.39. The molecule has 0 spiro atoms. The van der Waals surface area contributed by atoms with Crippen LogP contribution in [0.5, 0.6) is 11.5 Å². The van der Waals surface area contributed by atoms with Gasteiger partial charge in [-0.1, -0.05) is 19.7 Å². The number of hydrogen-bond acceptors (Lipinski definition) is 6. The molecule has 1 heterocycles. The van der Waals surface area contributed by atoms with Gasteiger partial charge in [-0.05, 0) is 26.0 Å². The largest absolute Gasteiger partial charge is 0.810 e. The van der Waals surface area contributed by atoms with Crippen molar-refractivity contribution in [2.45, 2.75) is 25.3 Å². The first kappa shape index (κ1) is 13.1. The second kappa shape index (κ2) is 4.09. The van der Waals surface area contributed by atoms with Crippen LogP contribution in [-0.4, -0.2) is 17.2 Å². The quantitative estimate of drug-likeness (QED) is 0.719. The number of benzene rings is 1. The number of ketones is 1. The second-order valence-electron chi connectivity index (χ2n) is 4.44. The van der Waals surface area contributed by atoms with Crippen LogP contribution in [0.25, 0.3) is 0 Å². The summed E-state index contributed by atoms with van der Waals surface area (Å²) in [5.41, 5.74) is 0. The van der Waals surface area contributed by atoms with Crippen LogP contribution in [0.15, 0.2) is 24.3 Å². The summed E-state index contributed by atoms with van der Waals surface area (Å²) in [7, 11) is -5.08. The van der Waals surface area contributed by atoms with E-state index >= 15 is 0 Å². The molecule has 0 aliphatic carbocycles. The zero-order chi connectivity index (χ0) is 13.6. The van der Waals surface area contributed by atoms with Crippen LogP contribution in [0.1, 0.15) is 13.8 Å². The van der Waals surface area contributed by atoms with Crippen molar-refractivity contribution in [1.82, 2.24) is 0 Å². The van der Waals surface area contributed by atoms with Gasteiger partial charge in [-0.2, -0.15) is 0 Å². The number of ether oxygens (including phenoxy) is 2. The molecule has 18 heavy (non-hydrogen) atoms. The van der Waals surface area contributed by atoms with Gasteiger partial charge in [0.2, 0.25) is 5.78 Å². The molecule has 0 unspecified atom stereocenters. The normalized spacial score (nSPS) is 15.8. The molecule has 1 aliphatic rings. The van der Waals surface area contributed by atoms with Gasteiger partial charge in [0.25, 0.3) is 0 Å².